The van der Waals surface area contributed by atoms with Gasteiger partial charge in [-0.1, -0.05) is 23.9 Å². The number of carboxylic acid groups (broad SMARTS) is 1. The van der Waals surface area contributed by atoms with Crippen molar-refractivity contribution in [2.75, 3.05) is 5.75 Å². The Bertz CT molecular complexity index is 737. The molecular formula is C14H11N3O2S. The van der Waals surface area contributed by atoms with Crippen LogP contribution >= 0.6 is 11.8 Å². The van der Waals surface area contributed by atoms with Crippen LogP contribution in [0, 0.1) is 0 Å². The van der Waals surface area contributed by atoms with Gasteiger partial charge in [-0.2, -0.15) is 0 Å². The lowest BCUT2D eigenvalue weighted by molar-refractivity contribution is -0.133. The average Bonchev–Trinajstić information content (AvgIpc) is 2.89. The van der Waals surface area contributed by atoms with Gasteiger partial charge in [-0.25, -0.2) is 9.97 Å². The van der Waals surface area contributed by atoms with Gasteiger partial charge in [0.15, 0.2) is 0 Å². The van der Waals surface area contributed by atoms with E-state index in [0.717, 1.165) is 16.6 Å². The van der Waals surface area contributed by atoms with Crippen LogP contribution in [0.3, 0.4) is 0 Å². The van der Waals surface area contributed by atoms with Gasteiger partial charge in [0.2, 0.25) is 0 Å². The summed E-state index contributed by atoms with van der Waals surface area (Å²) >= 11 is 1.19. The quantitative estimate of drug-likeness (QED) is 0.721. The molecule has 0 atom stereocenters. The molecule has 2 heterocycles. The van der Waals surface area contributed by atoms with Crippen molar-refractivity contribution in [1.29, 1.82) is 0 Å². The molecule has 0 aliphatic carbocycles. The number of H-pyrrole nitrogens is 1. The van der Waals surface area contributed by atoms with Crippen LogP contribution in [-0.2, 0) is 4.79 Å². The highest BCUT2D eigenvalue weighted by Gasteiger charge is 2.12. The van der Waals surface area contributed by atoms with Gasteiger partial charge in [0, 0.05) is 11.8 Å². The molecule has 0 radical (unpaired) electrons. The summed E-state index contributed by atoms with van der Waals surface area (Å²) < 4.78 is 0. The molecule has 3 rings (SSSR count). The van der Waals surface area contributed by atoms with E-state index in [9.17, 15) is 4.79 Å². The van der Waals surface area contributed by atoms with Crippen LogP contribution in [-0.4, -0.2) is 31.8 Å². The standard InChI is InChI=1S/C14H11N3O2S/c18-12(19)8-20-14-9(4-3-7-15-14)13-16-10-5-1-2-6-11(10)17-13/h1-7H,8H2,(H,16,17)(H,18,19). The van der Waals surface area contributed by atoms with Gasteiger partial charge in [0.1, 0.15) is 10.9 Å². The van der Waals surface area contributed by atoms with E-state index in [4.69, 9.17) is 5.11 Å². The maximum absolute atomic E-state index is 10.7. The molecule has 100 valence electrons. The lowest BCUT2D eigenvalue weighted by Crippen LogP contribution is -1.99. The van der Waals surface area contributed by atoms with E-state index in [1.54, 1.807) is 6.20 Å². The summed E-state index contributed by atoms with van der Waals surface area (Å²) in [7, 11) is 0. The number of nitrogens with zero attached hydrogens (tertiary/aromatic N) is 2. The summed E-state index contributed by atoms with van der Waals surface area (Å²) in [6, 6.07) is 11.4. The maximum atomic E-state index is 10.7. The summed E-state index contributed by atoms with van der Waals surface area (Å²) in [5.41, 5.74) is 2.64. The second-order valence-electron chi connectivity index (χ2n) is 4.14. The second-order valence-corrected chi connectivity index (χ2v) is 5.11. The van der Waals surface area contributed by atoms with Crippen LogP contribution in [0.2, 0.25) is 0 Å². The maximum Gasteiger partial charge on any atom is 0.313 e. The molecule has 0 amide bonds. The largest absolute Gasteiger partial charge is 0.481 e. The van der Waals surface area contributed by atoms with Gasteiger partial charge >= 0.3 is 5.97 Å². The molecule has 0 saturated carbocycles. The van der Waals surface area contributed by atoms with Gasteiger partial charge in [0.25, 0.3) is 0 Å². The van der Waals surface area contributed by atoms with Crippen molar-refractivity contribution in [2.24, 2.45) is 0 Å². The first-order valence-electron chi connectivity index (χ1n) is 5.99. The average molecular weight is 285 g/mol. The van der Waals surface area contributed by atoms with Crippen LogP contribution in [0.4, 0.5) is 0 Å². The van der Waals surface area contributed by atoms with E-state index >= 15 is 0 Å². The second kappa shape index (κ2) is 5.34. The molecule has 5 nitrogen and oxygen atoms in total. The zero-order valence-corrected chi connectivity index (χ0v) is 11.2. The minimum absolute atomic E-state index is 0.0236. The highest BCUT2D eigenvalue weighted by Crippen LogP contribution is 2.28. The van der Waals surface area contributed by atoms with Gasteiger partial charge in [-0.15, -0.1) is 0 Å². The summed E-state index contributed by atoms with van der Waals surface area (Å²) in [5, 5.41) is 9.44. The number of carbonyl (C=O) groups is 1. The lowest BCUT2D eigenvalue weighted by atomic mass is 10.3. The summed E-state index contributed by atoms with van der Waals surface area (Å²) in [6.45, 7) is 0. The molecule has 0 aliphatic heterocycles. The number of carboxylic acids is 1. The Labute approximate surface area is 119 Å². The predicted molar refractivity (Wildman–Crippen MR) is 77.7 cm³/mol. The Balaban J connectivity index is 2.02. The molecule has 0 spiro atoms. The molecule has 3 aromatic rings. The lowest BCUT2D eigenvalue weighted by Gasteiger charge is -2.03. The number of hydrogen-bond donors (Lipinski definition) is 2. The summed E-state index contributed by atoms with van der Waals surface area (Å²) in [6.07, 6.45) is 1.65. The van der Waals surface area contributed by atoms with Crippen molar-refractivity contribution in [2.45, 2.75) is 5.03 Å². The van der Waals surface area contributed by atoms with Crippen LogP contribution in [0.15, 0.2) is 47.6 Å². The van der Waals surface area contributed by atoms with Crippen molar-refractivity contribution in [3.63, 3.8) is 0 Å². The first-order valence-corrected chi connectivity index (χ1v) is 6.97. The van der Waals surface area contributed by atoms with Gasteiger partial charge in [-0.3, -0.25) is 4.79 Å². The van der Waals surface area contributed by atoms with Crippen molar-refractivity contribution < 1.29 is 9.90 Å². The number of hydrogen-bond acceptors (Lipinski definition) is 4. The van der Waals surface area contributed by atoms with Crippen LogP contribution in [0.1, 0.15) is 0 Å². The fraction of sp³-hybridized carbons (Fsp3) is 0.0714. The highest BCUT2D eigenvalue weighted by atomic mass is 32.2. The van der Waals surface area contributed by atoms with Crippen molar-refractivity contribution in [3.05, 3.63) is 42.6 Å². The first kappa shape index (κ1) is 12.7. The summed E-state index contributed by atoms with van der Waals surface area (Å²) in [5.74, 6) is -0.187. The van der Waals surface area contributed by atoms with E-state index < -0.39 is 5.97 Å². The number of aromatic nitrogens is 3. The van der Waals surface area contributed by atoms with E-state index in [1.807, 2.05) is 36.4 Å². The third-order valence-corrected chi connectivity index (χ3v) is 3.74. The monoisotopic (exact) mass is 285 g/mol. The number of benzene rings is 1. The number of aliphatic carboxylic acids is 1. The van der Waals surface area contributed by atoms with E-state index in [-0.39, 0.29) is 5.75 Å². The van der Waals surface area contributed by atoms with E-state index in [0.29, 0.717) is 10.9 Å². The highest BCUT2D eigenvalue weighted by molar-refractivity contribution is 8.00. The zero-order valence-electron chi connectivity index (χ0n) is 10.4. The van der Waals surface area contributed by atoms with Gasteiger partial charge < -0.3 is 10.1 Å². The van der Waals surface area contributed by atoms with Gasteiger partial charge in [0.05, 0.1) is 16.8 Å². The third-order valence-electron chi connectivity index (χ3n) is 2.75. The third kappa shape index (κ3) is 2.50. The van der Waals surface area contributed by atoms with Gasteiger partial charge in [-0.05, 0) is 24.3 Å². The fourth-order valence-corrected chi connectivity index (χ4v) is 2.61. The van der Waals surface area contributed by atoms with Crippen LogP contribution in [0.5, 0.6) is 0 Å². The molecule has 0 unspecified atom stereocenters. The Morgan fingerprint density at radius 1 is 1.25 bits per heavy atom. The number of aromatic amines is 1. The fourth-order valence-electron chi connectivity index (χ4n) is 1.90. The number of para-hydroxylation sites is 2. The Hall–Kier alpha value is -2.34. The van der Waals surface area contributed by atoms with Crippen molar-refractivity contribution in [1.82, 2.24) is 15.0 Å². The molecular weight excluding hydrogens is 274 g/mol. The van der Waals surface area contributed by atoms with Crippen LogP contribution < -0.4 is 0 Å². The molecule has 0 bridgehead atoms. The number of pyridine rings is 1. The Morgan fingerprint density at radius 2 is 2.10 bits per heavy atom. The molecule has 6 heteroatoms. The smallest absolute Gasteiger partial charge is 0.313 e. The SMILES string of the molecule is O=C(O)CSc1ncccc1-c1nc2ccccc2[nH]1. The number of imidazole rings is 1. The Morgan fingerprint density at radius 3 is 2.90 bits per heavy atom. The zero-order chi connectivity index (χ0) is 13.9. The molecule has 0 saturated heterocycles. The molecule has 1 aromatic carbocycles. The number of fused-ring (bicyclic) bond motifs is 1. The molecule has 2 aromatic heterocycles. The van der Waals surface area contributed by atoms with E-state index in [1.165, 1.54) is 11.8 Å². The number of nitrogens with one attached hydrogen (secondary N) is 1. The molecule has 20 heavy (non-hydrogen) atoms. The first-order chi connectivity index (χ1) is 9.74. The van der Waals surface area contributed by atoms with Crippen LogP contribution in [0.25, 0.3) is 22.4 Å². The Kier molecular flexibility index (Phi) is 3.39. The summed E-state index contributed by atoms with van der Waals surface area (Å²) in [4.78, 5) is 22.7. The minimum atomic E-state index is -0.865. The molecule has 0 aliphatic rings. The van der Waals surface area contributed by atoms with Crippen molar-refractivity contribution in [3.8, 4) is 11.4 Å². The predicted octanol–water partition coefficient (Wildman–Crippen LogP) is 2.80. The normalized spacial score (nSPS) is 10.8. The van der Waals surface area contributed by atoms with Crippen molar-refractivity contribution >= 4 is 28.8 Å². The molecule has 0 fully saturated rings. The molecule has 2 N–H and O–H groups in total. The number of rotatable bonds is 4. The topological polar surface area (TPSA) is 78.9 Å². The van der Waals surface area contributed by atoms with E-state index in [2.05, 4.69) is 15.0 Å². The number of thioether (sulfide) groups is 1. The minimum Gasteiger partial charge on any atom is -0.481 e.